The van der Waals surface area contributed by atoms with E-state index < -0.39 is 0 Å². The van der Waals surface area contributed by atoms with Gasteiger partial charge in [0.2, 0.25) is 0 Å². The predicted molar refractivity (Wildman–Crippen MR) is 108 cm³/mol. The summed E-state index contributed by atoms with van der Waals surface area (Å²) in [6.45, 7) is 0. The maximum atomic E-state index is 12.6. The van der Waals surface area contributed by atoms with Crippen molar-refractivity contribution in [2.45, 2.75) is 0 Å². The summed E-state index contributed by atoms with van der Waals surface area (Å²) in [5.41, 5.74) is 1.71. The van der Waals surface area contributed by atoms with Crippen LogP contribution in [-0.2, 0) is 0 Å². The van der Waals surface area contributed by atoms with Crippen molar-refractivity contribution in [3.8, 4) is 5.75 Å². The quantitative estimate of drug-likeness (QED) is 0.263. The summed E-state index contributed by atoms with van der Waals surface area (Å²) in [5, 5.41) is 4.63. The summed E-state index contributed by atoms with van der Waals surface area (Å²) >= 11 is 0. The van der Waals surface area contributed by atoms with E-state index in [9.17, 15) is 4.79 Å². The van der Waals surface area contributed by atoms with Gasteiger partial charge in [-0.2, -0.15) is 0 Å². The SMILES string of the molecule is COc1ccc(C(=O)/C=C/c2c3ccccc3cc3ccccc23)cc1. The second-order valence-electron chi connectivity index (χ2n) is 6.16. The van der Waals surface area contributed by atoms with Crippen molar-refractivity contribution in [2.24, 2.45) is 0 Å². The second-order valence-corrected chi connectivity index (χ2v) is 6.16. The van der Waals surface area contributed by atoms with E-state index in [-0.39, 0.29) is 5.78 Å². The molecule has 0 aliphatic heterocycles. The number of methoxy groups -OCH3 is 1. The minimum Gasteiger partial charge on any atom is -0.497 e. The highest BCUT2D eigenvalue weighted by Gasteiger charge is 2.06. The summed E-state index contributed by atoms with van der Waals surface area (Å²) in [6, 6.07) is 25.9. The van der Waals surface area contributed by atoms with Crippen molar-refractivity contribution in [1.29, 1.82) is 0 Å². The molecular formula is C24H18O2. The number of carbonyl (C=O) groups excluding carboxylic acids is 1. The Balaban J connectivity index is 1.79. The molecule has 0 spiro atoms. The van der Waals surface area contributed by atoms with Crippen LogP contribution in [0.4, 0.5) is 0 Å². The van der Waals surface area contributed by atoms with E-state index in [0.29, 0.717) is 5.56 Å². The fourth-order valence-corrected chi connectivity index (χ4v) is 3.24. The molecule has 26 heavy (non-hydrogen) atoms. The van der Waals surface area contributed by atoms with Gasteiger partial charge in [0, 0.05) is 5.56 Å². The predicted octanol–water partition coefficient (Wildman–Crippen LogP) is 5.90. The van der Waals surface area contributed by atoms with Crippen molar-refractivity contribution in [2.75, 3.05) is 7.11 Å². The third-order valence-electron chi connectivity index (χ3n) is 4.59. The molecule has 0 aliphatic rings. The third kappa shape index (κ3) is 2.98. The van der Waals surface area contributed by atoms with E-state index in [0.717, 1.165) is 22.1 Å². The Morgan fingerprint density at radius 1 is 0.808 bits per heavy atom. The number of carbonyl (C=O) groups is 1. The standard InChI is InChI=1S/C24H18O2/c1-26-20-12-10-17(11-13-20)24(25)15-14-23-21-8-4-2-6-18(21)16-19-7-3-5-9-22(19)23/h2-16H,1H3/b15-14+. The Labute approximate surface area is 152 Å². The van der Waals surface area contributed by atoms with Crippen LogP contribution < -0.4 is 4.74 Å². The molecule has 126 valence electrons. The summed E-state index contributed by atoms with van der Waals surface area (Å²) in [7, 11) is 1.61. The molecule has 0 aliphatic carbocycles. The number of hydrogen-bond donors (Lipinski definition) is 0. The molecule has 4 aromatic carbocycles. The average Bonchev–Trinajstić information content (AvgIpc) is 2.71. The van der Waals surface area contributed by atoms with Crippen molar-refractivity contribution in [1.82, 2.24) is 0 Å². The lowest BCUT2D eigenvalue weighted by atomic mass is 9.96. The van der Waals surface area contributed by atoms with Gasteiger partial charge >= 0.3 is 0 Å². The number of benzene rings is 4. The van der Waals surface area contributed by atoms with Gasteiger partial charge in [-0.3, -0.25) is 4.79 Å². The van der Waals surface area contributed by atoms with Crippen LogP contribution in [0.1, 0.15) is 15.9 Å². The van der Waals surface area contributed by atoms with Crippen molar-refractivity contribution in [3.63, 3.8) is 0 Å². The number of ketones is 1. The fraction of sp³-hybridized carbons (Fsp3) is 0.0417. The first kappa shape index (κ1) is 16.1. The van der Waals surface area contributed by atoms with Crippen LogP contribution >= 0.6 is 0 Å². The Morgan fingerprint density at radius 2 is 1.38 bits per heavy atom. The van der Waals surface area contributed by atoms with Gasteiger partial charge in [0.1, 0.15) is 5.75 Å². The van der Waals surface area contributed by atoms with Gasteiger partial charge in [0.05, 0.1) is 7.11 Å². The molecule has 2 heteroatoms. The first-order valence-electron chi connectivity index (χ1n) is 8.53. The Hall–Kier alpha value is -3.39. The molecule has 0 saturated heterocycles. The highest BCUT2D eigenvalue weighted by molar-refractivity contribution is 6.11. The number of ether oxygens (including phenoxy) is 1. The van der Waals surface area contributed by atoms with Gasteiger partial charge in [-0.15, -0.1) is 0 Å². The highest BCUT2D eigenvalue weighted by atomic mass is 16.5. The van der Waals surface area contributed by atoms with Crippen LogP contribution in [0.25, 0.3) is 27.6 Å². The average molecular weight is 338 g/mol. The van der Waals surface area contributed by atoms with E-state index in [4.69, 9.17) is 4.74 Å². The largest absolute Gasteiger partial charge is 0.497 e. The fourth-order valence-electron chi connectivity index (χ4n) is 3.24. The van der Waals surface area contributed by atoms with Crippen LogP contribution in [0.2, 0.25) is 0 Å². The Morgan fingerprint density at radius 3 is 1.96 bits per heavy atom. The lowest BCUT2D eigenvalue weighted by Gasteiger charge is -2.08. The highest BCUT2D eigenvalue weighted by Crippen LogP contribution is 2.29. The maximum Gasteiger partial charge on any atom is 0.185 e. The molecule has 0 fully saturated rings. The van der Waals surface area contributed by atoms with E-state index >= 15 is 0 Å². The molecule has 0 N–H and O–H groups in total. The molecule has 0 unspecified atom stereocenters. The van der Waals surface area contributed by atoms with E-state index in [2.05, 4.69) is 30.3 Å². The summed E-state index contributed by atoms with van der Waals surface area (Å²) < 4.78 is 5.15. The molecule has 2 nitrogen and oxygen atoms in total. The molecular weight excluding hydrogens is 320 g/mol. The van der Waals surface area contributed by atoms with Crippen LogP contribution in [-0.4, -0.2) is 12.9 Å². The molecule has 0 heterocycles. The minimum absolute atomic E-state index is 0.0235. The zero-order valence-electron chi connectivity index (χ0n) is 14.5. The van der Waals surface area contributed by atoms with Gasteiger partial charge in [-0.25, -0.2) is 0 Å². The normalized spacial score (nSPS) is 11.3. The number of rotatable bonds is 4. The minimum atomic E-state index is -0.0235. The Kier molecular flexibility index (Phi) is 4.24. The van der Waals surface area contributed by atoms with Crippen LogP contribution in [0, 0.1) is 0 Å². The smallest absolute Gasteiger partial charge is 0.185 e. The molecule has 0 amide bonds. The number of allylic oxidation sites excluding steroid dienone is 1. The lowest BCUT2D eigenvalue weighted by molar-refractivity contribution is 0.104. The second kappa shape index (κ2) is 6.85. The molecule has 0 saturated carbocycles. The van der Waals surface area contributed by atoms with Crippen LogP contribution in [0.5, 0.6) is 5.75 Å². The van der Waals surface area contributed by atoms with Gasteiger partial charge in [-0.05, 0) is 69.6 Å². The van der Waals surface area contributed by atoms with Crippen LogP contribution in [0.3, 0.4) is 0 Å². The van der Waals surface area contributed by atoms with Crippen molar-refractivity contribution >= 4 is 33.4 Å². The first-order valence-corrected chi connectivity index (χ1v) is 8.53. The summed E-state index contributed by atoms with van der Waals surface area (Å²) in [4.78, 5) is 12.6. The van der Waals surface area contributed by atoms with E-state index in [1.165, 1.54) is 10.8 Å². The maximum absolute atomic E-state index is 12.6. The number of hydrogen-bond acceptors (Lipinski definition) is 2. The zero-order chi connectivity index (χ0) is 17.9. The Bertz CT molecular complexity index is 1070. The van der Waals surface area contributed by atoms with Gasteiger partial charge in [0.15, 0.2) is 5.78 Å². The molecule has 4 rings (SSSR count). The first-order chi connectivity index (χ1) is 12.8. The van der Waals surface area contributed by atoms with Crippen LogP contribution in [0.15, 0.2) is 84.9 Å². The summed E-state index contributed by atoms with van der Waals surface area (Å²) in [6.07, 6.45) is 3.58. The number of fused-ring (bicyclic) bond motifs is 2. The van der Waals surface area contributed by atoms with Gasteiger partial charge in [-0.1, -0.05) is 48.5 Å². The molecule has 0 radical (unpaired) electrons. The zero-order valence-corrected chi connectivity index (χ0v) is 14.5. The summed E-state index contributed by atoms with van der Waals surface area (Å²) in [5.74, 6) is 0.718. The van der Waals surface area contributed by atoms with Gasteiger partial charge in [0.25, 0.3) is 0 Å². The third-order valence-corrected chi connectivity index (χ3v) is 4.59. The van der Waals surface area contributed by atoms with Crippen molar-refractivity contribution in [3.05, 3.63) is 96.1 Å². The van der Waals surface area contributed by atoms with E-state index in [1.54, 1.807) is 37.5 Å². The lowest BCUT2D eigenvalue weighted by Crippen LogP contribution is -1.94. The van der Waals surface area contributed by atoms with Gasteiger partial charge < -0.3 is 4.74 Å². The monoisotopic (exact) mass is 338 g/mol. The molecule has 0 aromatic heterocycles. The topological polar surface area (TPSA) is 26.3 Å². The molecule has 4 aromatic rings. The van der Waals surface area contributed by atoms with Crippen molar-refractivity contribution < 1.29 is 9.53 Å². The van der Waals surface area contributed by atoms with E-state index in [1.807, 2.05) is 30.3 Å². The molecule has 0 atom stereocenters. The molecule has 0 bridgehead atoms.